The second kappa shape index (κ2) is 3.64. The third-order valence-electron chi connectivity index (χ3n) is 3.01. The van der Waals surface area contributed by atoms with Crippen molar-refractivity contribution < 1.29 is 9.90 Å². The average molecular weight is 258 g/mol. The molecular weight excluding hydrogens is 248 g/mol. The van der Waals surface area contributed by atoms with Gasteiger partial charge in [0.15, 0.2) is 0 Å². The van der Waals surface area contributed by atoms with Gasteiger partial charge in [0.2, 0.25) is 5.65 Å². The first kappa shape index (κ1) is 11.4. The Morgan fingerprint density at radius 1 is 1.32 bits per heavy atom. The fraction of sp³-hybridized carbons (Fsp3) is 0.167. The highest BCUT2D eigenvalue weighted by atomic mass is 16.4. The normalized spacial score (nSPS) is 11.3. The van der Waals surface area contributed by atoms with Gasteiger partial charge in [-0.2, -0.15) is 4.98 Å². The van der Waals surface area contributed by atoms with Crippen molar-refractivity contribution in [3.05, 3.63) is 39.9 Å². The van der Waals surface area contributed by atoms with Gasteiger partial charge in [-0.1, -0.05) is 6.07 Å². The van der Waals surface area contributed by atoms with Gasteiger partial charge in [-0.15, -0.1) is 5.10 Å². The lowest BCUT2D eigenvalue weighted by Gasteiger charge is -2.06. The Morgan fingerprint density at radius 2 is 2.05 bits per heavy atom. The molecule has 7 heteroatoms. The number of carbonyl (C=O) groups is 1. The molecule has 2 heterocycles. The third kappa shape index (κ3) is 1.51. The van der Waals surface area contributed by atoms with Gasteiger partial charge in [0.05, 0.1) is 11.0 Å². The summed E-state index contributed by atoms with van der Waals surface area (Å²) in [6, 6.07) is 5.50. The summed E-state index contributed by atoms with van der Waals surface area (Å²) in [6.07, 6.45) is 0. The summed E-state index contributed by atoms with van der Waals surface area (Å²) in [6.45, 7) is 1.91. The van der Waals surface area contributed by atoms with Crippen LogP contribution in [0.4, 0.5) is 0 Å². The maximum Gasteiger partial charge on any atom is 0.375 e. The Balaban J connectivity index is 2.59. The summed E-state index contributed by atoms with van der Waals surface area (Å²) >= 11 is 0. The van der Waals surface area contributed by atoms with Gasteiger partial charge >= 0.3 is 5.97 Å². The molecule has 0 radical (unpaired) electrons. The van der Waals surface area contributed by atoms with Crippen molar-refractivity contribution in [1.29, 1.82) is 0 Å². The predicted octanol–water partition coefficient (Wildman–Crippen LogP) is 0.588. The second-order valence-electron chi connectivity index (χ2n) is 4.33. The molecule has 3 rings (SSSR count). The van der Waals surface area contributed by atoms with Crippen molar-refractivity contribution in [2.75, 3.05) is 0 Å². The van der Waals surface area contributed by atoms with Crippen molar-refractivity contribution in [2.45, 2.75) is 6.92 Å². The van der Waals surface area contributed by atoms with Crippen LogP contribution in [-0.4, -0.2) is 30.2 Å². The molecule has 1 aromatic carbocycles. The molecule has 0 atom stereocenters. The molecule has 0 saturated heterocycles. The van der Waals surface area contributed by atoms with Crippen LogP contribution in [0.15, 0.2) is 23.0 Å². The molecule has 2 aromatic heterocycles. The highest BCUT2D eigenvalue weighted by Gasteiger charge is 2.16. The van der Waals surface area contributed by atoms with Crippen molar-refractivity contribution in [3.8, 4) is 0 Å². The molecule has 0 amide bonds. The molecule has 0 aliphatic carbocycles. The molecule has 0 bridgehead atoms. The Morgan fingerprint density at radius 3 is 2.74 bits per heavy atom. The van der Waals surface area contributed by atoms with E-state index in [1.54, 1.807) is 13.1 Å². The minimum atomic E-state index is -1.26. The SMILES string of the molecule is Cc1ccc2c(c1)n(C)c(=O)c1nc(C(=O)O)nn12. The molecule has 0 aliphatic rings. The average Bonchev–Trinajstić information content (AvgIpc) is 2.81. The van der Waals surface area contributed by atoms with Crippen LogP contribution in [0.25, 0.3) is 16.7 Å². The molecule has 3 aromatic rings. The quantitative estimate of drug-likeness (QED) is 0.690. The van der Waals surface area contributed by atoms with E-state index in [-0.39, 0.29) is 17.0 Å². The summed E-state index contributed by atoms with van der Waals surface area (Å²) in [5.74, 6) is -1.64. The van der Waals surface area contributed by atoms with Gasteiger partial charge < -0.3 is 9.67 Å². The van der Waals surface area contributed by atoms with E-state index >= 15 is 0 Å². The third-order valence-corrected chi connectivity index (χ3v) is 3.01. The van der Waals surface area contributed by atoms with Crippen LogP contribution in [0.2, 0.25) is 0 Å². The molecule has 7 nitrogen and oxygen atoms in total. The van der Waals surface area contributed by atoms with Gasteiger partial charge in [0.1, 0.15) is 0 Å². The smallest absolute Gasteiger partial charge is 0.375 e. The van der Waals surface area contributed by atoms with Crippen molar-refractivity contribution in [3.63, 3.8) is 0 Å². The molecule has 96 valence electrons. The van der Waals surface area contributed by atoms with E-state index in [4.69, 9.17) is 5.11 Å². The van der Waals surface area contributed by atoms with Crippen molar-refractivity contribution in [2.24, 2.45) is 7.05 Å². The van der Waals surface area contributed by atoms with E-state index < -0.39 is 5.97 Å². The van der Waals surface area contributed by atoms with Crippen LogP contribution < -0.4 is 5.56 Å². The number of carboxylic acids is 1. The number of rotatable bonds is 1. The fourth-order valence-electron chi connectivity index (χ4n) is 2.05. The van der Waals surface area contributed by atoms with E-state index in [1.807, 2.05) is 19.1 Å². The highest BCUT2D eigenvalue weighted by molar-refractivity contribution is 5.85. The minimum Gasteiger partial charge on any atom is -0.475 e. The molecule has 0 fully saturated rings. The number of aryl methyl sites for hydroxylation is 2. The van der Waals surface area contributed by atoms with Gasteiger partial charge in [0.25, 0.3) is 11.4 Å². The summed E-state index contributed by atoms with van der Waals surface area (Å²) in [7, 11) is 1.62. The Labute approximate surface area is 106 Å². The van der Waals surface area contributed by atoms with E-state index in [2.05, 4.69) is 10.1 Å². The van der Waals surface area contributed by atoms with Crippen molar-refractivity contribution in [1.82, 2.24) is 19.2 Å². The van der Waals surface area contributed by atoms with Crippen LogP contribution in [-0.2, 0) is 7.05 Å². The van der Waals surface area contributed by atoms with E-state index in [1.165, 1.54) is 9.08 Å². The number of nitrogens with zero attached hydrogens (tertiary/aromatic N) is 4. The van der Waals surface area contributed by atoms with E-state index in [9.17, 15) is 9.59 Å². The molecule has 1 N–H and O–H groups in total. The number of aromatic carboxylic acids is 1. The van der Waals surface area contributed by atoms with Crippen LogP contribution in [0.5, 0.6) is 0 Å². The van der Waals surface area contributed by atoms with Crippen LogP contribution >= 0.6 is 0 Å². The topological polar surface area (TPSA) is 89.5 Å². The number of benzene rings is 1. The van der Waals surface area contributed by atoms with Crippen molar-refractivity contribution >= 4 is 22.6 Å². The lowest BCUT2D eigenvalue weighted by Crippen LogP contribution is -2.20. The first-order chi connectivity index (χ1) is 8.99. The second-order valence-corrected chi connectivity index (χ2v) is 4.33. The minimum absolute atomic E-state index is 0.0104. The number of fused-ring (bicyclic) bond motifs is 3. The first-order valence-corrected chi connectivity index (χ1v) is 5.58. The molecule has 0 unspecified atom stereocenters. The Bertz CT molecular complexity index is 891. The summed E-state index contributed by atoms with van der Waals surface area (Å²) in [5, 5.41) is 12.8. The Kier molecular flexibility index (Phi) is 2.19. The zero-order chi connectivity index (χ0) is 13.7. The maximum atomic E-state index is 12.1. The highest BCUT2D eigenvalue weighted by Crippen LogP contribution is 2.14. The number of carboxylic acid groups (broad SMARTS) is 1. The van der Waals surface area contributed by atoms with Gasteiger partial charge in [0, 0.05) is 7.05 Å². The standard InChI is InChI=1S/C12H10N4O3/c1-6-3-4-7-8(5-6)15(2)11(17)10-13-9(12(18)19)14-16(7)10/h3-5H,1-2H3,(H,18,19). The number of hydrogen-bond donors (Lipinski definition) is 1. The maximum absolute atomic E-state index is 12.1. The lowest BCUT2D eigenvalue weighted by molar-refractivity contribution is 0.0684. The first-order valence-electron chi connectivity index (χ1n) is 5.58. The predicted molar refractivity (Wildman–Crippen MR) is 67.4 cm³/mol. The van der Waals surface area contributed by atoms with Gasteiger partial charge in [-0.3, -0.25) is 4.79 Å². The molecule has 19 heavy (non-hydrogen) atoms. The summed E-state index contributed by atoms with van der Waals surface area (Å²) in [4.78, 5) is 26.8. The molecule has 0 spiro atoms. The molecule has 0 saturated carbocycles. The van der Waals surface area contributed by atoms with Crippen LogP contribution in [0, 0.1) is 6.92 Å². The molecule has 0 aliphatic heterocycles. The largest absolute Gasteiger partial charge is 0.475 e. The van der Waals surface area contributed by atoms with E-state index in [0.29, 0.717) is 11.0 Å². The summed E-state index contributed by atoms with van der Waals surface area (Å²) in [5.41, 5.74) is 1.96. The number of aromatic nitrogens is 4. The lowest BCUT2D eigenvalue weighted by atomic mass is 10.2. The Hall–Kier alpha value is -2.70. The van der Waals surface area contributed by atoms with Gasteiger partial charge in [-0.05, 0) is 24.6 Å². The summed E-state index contributed by atoms with van der Waals surface area (Å²) < 4.78 is 2.72. The zero-order valence-electron chi connectivity index (χ0n) is 10.3. The van der Waals surface area contributed by atoms with Crippen LogP contribution in [0.1, 0.15) is 16.2 Å². The fourth-order valence-corrected chi connectivity index (χ4v) is 2.05. The monoisotopic (exact) mass is 258 g/mol. The molecular formula is C12H10N4O3. The van der Waals surface area contributed by atoms with E-state index in [0.717, 1.165) is 5.56 Å². The van der Waals surface area contributed by atoms with Crippen LogP contribution in [0.3, 0.4) is 0 Å². The number of hydrogen-bond acceptors (Lipinski definition) is 4. The van der Waals surface area contributed by atoms with Gasteiger partial charge in [-0.25, -0.2) is 9.31 Å². The zero-order valence-corrected chi connectivity index (χ0v) is 10.3.